The van der Waals surface area contributed by atoms with Gasteiger partial charge in [-0.1, -0.05) is 0 Å². The number of rotatable bonds is 5. The molecule has 152 valence electrons. The summed E-state index contributed by atoms with van der Waals surface area (Å²) >= 11 is 0. The smallest absolute Gasteiger partial charge is 0.290 e. The lowest BCUT2D eigenvalue weighted by molar-refractivity contribution is -0.122. The van der Waals surface area contributed by atoms with Crippen LogP contribution < -0.4 is 4.74 Å². The lowest BCUT2D eigenvalue weighted by Gasteiger charge is -2.22. The summed E-state index contributed by atoms with van der Waals surface area (Å²) in [6.45, 7) is 4.27. The summed E-state index contributed by atoms with van der Waals surface area (Å²) in [5.41, 5.74) is 0.619. The highest BCUT2D eigenvalue weighted by Crippen LogP contribution is 2.12. The fraction of sp³-hybridized carbons (Fsp3) is 0.421. The van der Waals surface area contributed by atoms with Crippen LogP contribution in [0.25, 0.3) is 0 Å². The molecule has 3 rings (SSSR count). The molecule has 2 aromatic rings. The molecule has 0 unspecified atom stereocenters. The highest BCUT2D eigenvalue weighted by molar-refractivity contribution is 5.92. The van der Waals surface area contributed by atoms with Gasteiger partial charge < -0.3 is 19.3 Å². The zero-order valence-electron chi connectivity index (χ0n) is 15.8. The van der Waals surface area contributed by atoms with Crippen LogP contribution in [0.1, 0.15) is 16.9 Å². The number of hydrogen-bond acceptors (Lipinski definition) is 5. The lowest BCUT2D eigenvalue weighted by Crippen LogP contribution is -2.36. The van der Waals surface area contributed by atoms with Crippen molar-refractivity contribution in [1.29, 1.82) is 0 Å². The molecule has 8 nitrogen and oxygen atoms in total. The summed E-state index contributed by atoms with van der Waals surface area (Å²) in [5, 5.41) is 6.89. The molecule has 1 aromatic carbocycles. The monoisotopic (exact) mass is 392 g/mol. The zero-order valence-corrected chi connectivity index (χ0v) is 15.8. The van der Waals surface area contributed by atoms with E-state index in [1.807, 2.05) is 11.9 Å². The van der Waals surface area contributed by atoms with Crippen LogP contribution in [-0.4, -0.2) is 76.2 Å². The van der Waals surface area contributed by atoms with Crippen LogP contribution in [0.3, 0.4) is 0 Å². The van der Waals surface area contributed by atoms with Gasteiger partial charge in [0.05, 0.1) is 12.5 Å². The first-order valence-corrected chi connectivity index (χ1v) is 8.99. The summed E-state index contributed by atoms with van der Waals surface area (Å²) in [6.07, 6.45) is 4.19. The van der Waals surface area contributed by atoms with E-state index in [9.17, 15) is 9.18 Å². The zero-order chi connectivity index (χ0) is 20.4. The van der Waals surface area contributed by atoms with Gasteiger partial charge in [-0.05, 0) is 30.7 Å². The standard InChI is InChI=1S/C18H23FN4O2.CH2O2/c1-21-14-20-13-17(21)18(24)23-8-2-7-22(9-10-23)11-12-25-16-5-3-15(19)4-6-16;2-1-3/h3-6,13-14H,2,7-12H2,1H3;1H,(H,2,3). The number of benzene rings is 1. The molecule has 0 bridgehead atoms. The molecular formula is C19H25FN4O4. The number of hydrogen-bond donors (Lipinski definition) is 1. The molecule has 1 fully saturated rings. The summed E-state index contributed by atoms with van der Waals surface area (Å²) in [6, 6.07) is 6.05. The van der Waals surface area contributed by atoms with Crippen molar-refractivity contribution >= 4 is 12.4 Å². The fourth-order valence-electron chi connectivity index (χ4n) is 2.95. The molecule has 28 heavy (non-hydrogen) atoms. The summed E-state index contributed by atoms with van der Waals surface area (Å²) in [4.78, 5) is 29.1. The van der Waals surface area contributed by atoms with E-state index in [2.05, 4.69) is 9.88 Å². The quantitative estimate of drug-likeness (QED) is 0.776. The number of carbonyl (C=O) groups is 2. The van der Waals surface area contributed by atoms with Gasteiger partial charge in [0.15, 0.2) is 0 Å². The molecule has 1 aromatic heterocycles. The number of amides is 1. The van der Waals surface area contributed by atoms with Crippen molar-refractivity contribution in [2.75, 3.05) is 39.3 Å². The first-order chi connectivity index (χ1) is 13.5. The molecule has 0 saturated carbocycles. The van der Waals surface area contributed by atoms with E-state index in [4.69, 9.17) is 14.6 Å². The Morgan fingerprint density at radius 1 is 1.25 bits per heavy atom. The normalized spacial score (nSPS) is 14.6. The third-order valence-electron chi connectivity index (χ3n) is 4.40. The summed E-state index contributed by atoms with van der Waals surface area (Å²) in [5.74, 6) is 0.437. The van der Waals surface area contributed by atoms with E-state index in [1.165, 1.54) is 12.1 Å². The maximum absolute atomic E-state index is 12.9. The van der Waals surface area contributed by atoms with Crippen LogP contribution in [0.2, 0.25) is 0 Å². The van der Waals surface area contributed by atoms with Gasteiger partial charge in [-0.2, -0.15) is 0 Å². The maximum Gasteiger partial charge on any atom is 0.290 e. The Kier molecular flexibility index (Phi) is 8.41. The second kappa shape index (κ2) is 11.0. The fourth-order valence-corrected chi connectivity index (χ4v) is 2.95. The molecule has 0 atom stereocenters. The van der Waals surface area contributed by atoms with Crippen molar-refractivity contribution in [1.82, 2.24) is 19.4 Å². The maximum atomic E-state index is 12.9. The van der Waals surface area contributed by atoms with Gasteiger partial charge in [-0.3, -0.25) is 14.5 Å². The Morgan fingerprint density at radius 2 is 1.96 bits per heavy atom. The van der Waals surface area contributed by atoms with E-state index >= 15 is 0 Å². The molecular weight excluding hydrogens is 367 g/mol. The largest absolute Gasteiger partial charge is 0.492 e. The predicted octanol–water partition coefficient (Wildman–Crippen LogP) is 1.49. The lowest BCUT2D eigenvalue weighted by atomic mass is 10.3. The van der Waals surface area contributed by atoms with Gasteiger partial charge in [0.25, 0.3) is 12.4 Å². The number of aryl methyl sites for hydroxylation is 1. The SMILES string of the molecule is Cn1cncc1C(=O)N1CCCN(CCOc2ccc(F)cc2)CC1.O=CO. The molecule has 1 N–H and O–H groups in total. The van der Waals surface area contributed by atoms with Gasteiger partial charge in [-0.15, -0.1) is 0 Å². The van der Waals surface area contributed by atoms with Crippen molar-refractivity contribution < 1.29 is 23.8 Å². The third kappa shape index (κ3) is 6.34. The molecule has 0 aliphatic carbocycles. The van der Waals surface area contributed by atoms with E-state index in [0.29, 0.717) is 24.6 Å². The van der Waals surface area contributed by atoms with Crippen molar-refractivity contribution in [2.45, 2.75) is 6.42 Å². The van der Waals surface area contributed by atoms with Crippen molar-refractivity contribution in [2.24, 2.45) is 7.05 Å². The van der Waals surface area contributed by atoms with Crippen LogP contribution in [0.5, 0.6) is 5.75 Å². The van der Waals surface area contributed by atoms with Crippen molar-refractivity contribution in [3.05, 3.63) is 48.3 Å². The Bertz CT molecular complexity index is 751. The summed E-state index contributed by atoms with van der Waals surface area (Å²) < 4.78 is 20.3. The van der Waals surface area contributed by atoms with Crippen LogP contribution in [0, 0.1) is 5.82 Å². The highest BCUT2D eigenvalue weighted by atomic mass is 19.1. The van der Waals surface area contributed by atoms with Gasteiger partial charge in [-0.25, -0.2) is 9.37 Å². The minimum atomic E-state index is -0.266. The first-order valence-electron chi connectivity index (χ1n) is 8.99. The molecule has 1 aliphatic heterocycles. The molecule has 9 heteroatoms. The van der Waals surface area contributed by atoms with Crippen LogP contribution in [-0.2, 0) is 11.8 Å². The number of halogens is 1. The van der Waals surface area contributed by atoms with E-state index in [-0.39, 0.29) is 18.2 Å². The van der Waals surface area contributed by atoms with Gasteiger partial charge in [0, 0.05) is 39.8 Å². The van der Waals surface area contributed by atoms with Crippen molar-refractivity contribution in [3.63, 3.8) is 0 Å². The summed E-state index contributed by atoms with van der Waals surface area (Å²) in [7, 11) is 1.83. The van der Waals surface area contributed by atoms with Crippen LogP contribution in [0.4, 0.5) is 4.39 Å². The minimum absolute atomic E-state index is 0.0319. The number of ether oxygens (including phenoxy) is 1. The third-order valence-corrected chi connectivity index (χ3v) is 4.40. The number of aromatic nitrogens is 2. The van der Waals surface area contributed by atoms with Crippen molar-refractivity contribution in [3.8, 4) is 5.75 Å². The Hall–Kier alpha value is -2.94. The van der Waals surface area contributed by atoms with Gasteiger partial charge in [0.2, 0.25) is 0 Å². The number of imidazole rings is 1. The molecule has 2 heterocycles. The Labute approximate surface area is 163 Å². The predicted molar refractivity (Wildman–Crippen MR) is 101 cm³/mol. The van der Waals surface area contributed by atoms with Crippen LogP contribution in [0.15, 0.2) is 36.8 Å². The molecule has 0 spiro atoms. The topological polar surface area (TPSA) is 87.9 Å². The van der Waals surface area contributed by atoms with E-state index in [0.717, 1.165) is 32.6 Å². The second-order valence-electron chi connectivity index (χ2n) is 6.28. The Balaban J connectivity index is 0.000000878. The average Bonchev–Trinajstić information content (AvgIpc) is 2.97. The highest BCUT2D eigenvalue weighted by Gasteiger charge is 2.22. The van der Waals surface area contributed by atoms with E-state index < -0.39 is 0 Å². The Morgan fingerprint density at radius 3 is 2.61 bits per heavy atom. The molecule has 0 radical (unpaired) electrons. The number of carboxylic acid groups (broad SMARTS) is 1. The molecule has 1 aliphatic rings. The molecule has 1 saturated heterocycles. The van der Waals surface area contributed by atoms with Crippen LogP contribution >= 0.6 is 0 Å². The number of carbonyl (C=O) groups excluding carboxylic acids is 1. The second-order valence-corrected chi connectivity index (χ2v) is 6.28. The van der Waals surface area contributed by atoms with Gasteiger partial charge >= 0.3 is 0 Å². The minimum Gasteiger partial charge on any atom is -0.492 e. The average molecular weight is 392 g/mol. The van der Waals surface area contributed by atoms with Gasteiger partial charge in [0.1, 0.15) is 23.9 Å². The first kappa shape index (κ1) is 21.4. The molecule has 1 amide bonds. The number of nitrogens with zero attached hydrogens (tertiary/aromatic N) is 4. The van der Waals surface area contributed by atoms with E-state index in [1.54, 1.807) is 29.2 Å².